The molecule has 0 N–H and O–H groups in total. The van der Waals surface area contributed by atoms with E-state index >= 15 is 0 Å². The van der Waals surface area contributed by atoms with Crippen molar-refractivity contribution in [2.75, 3.05) is 0 Å². The Bertz CT molecular complexity index is 1510. The number of para-hydroxylation sites is 1. The van der Waals surface area contributed by atoms with Crippen LogP contribution in [0.2, 0.25) is 0 Å². The molecule has 5 aromatic rings. The molecule has 6 rings (SSSR count). The highest BCUT2D eigenvalue weighted by molar-refractivity contribution is 6.62. The van der Waals surface area contributed by atoms with Gasteiger partial charge < -0.3 is 13.9 Å². The minimum atomic E-state index is -0.399. The van der Waals surface area contributed by atoms with Gasteiger partial charge in [0.05, 0.1) is 22.2 Å². The number of aromatic nitrogens is 2. The SMILES string of the molecule is CC1(C)OB(c2ccc3c4ccccc4n(-c4cccc(-c5ccncc5)c4)c3c2)OC1(C)C. The third-order valence-electron chi connectivity index (χ3n) is 7.34. The zero-order valence-electron chi connectivity index (χ0n) is 19.9. The molecule has 4 nitrogen and oxygen atoms in total. The van der Waals surface area contributed by atoms with Gasteiger partial charge in [-0.1, -0.05) is 42.5 Å². The zero-order valence-corrected chi connectivity index (χ0v) is 19.9. The van der Waals surface area contributed by atoms with Gasteiger partial charge in [-0.3, -0.25) is 4.98 Å². The highest BCUT2D eigenvalue weighted by atomic mass is 16.7. The topological polar surface area (TPSA) is 36.3 Å². The van der Waals surface area contributed by atoms with Gasteiger partial charge in [0, 0.05) is 28.9 Å². The molecule has 3 heterocycles. The van der Waals surface area contributed by atoms with Crippen LogP contribution in [0.4, 0.5) is 0 Å². The van der Waals surface area contributed by atoms with Crippen molar-refractivity contribution in [1.82, 2.24) is 9.55 Å². The molecule has 0 saturated carbocycles. The molecule has 0 atom stereocenters. The first-order chi connectivity index (χ1) is 16.3. The van der Waals surface area contributed by atoms with Crippen molar-refractivity contribution in [3.63, 3.8) is 0 Å². The Hall–Kier alpha value is -3.41. The van der Waals surface area contributed by atoms with Crippen molar-refractivity contribution in [2.24, 2.45) is 0 Å². The quantitative estimate of drug-likeness (QED) is 0.312. The Morgan fingerprint density at radius 1 is 0.676 bits per heavy atom. The van der Waals surface area contributed by atoms with Crippen molar-refractivity contribution in [2.45, 2.75) is 38.9 Å². The second-order valence-corrected chi connectivity index (χ2v) is 10.0. The summed E-state index contributed by atoms with van der Waals surface area (Å²) in [4.78, 5) is 4.16. The van der Waals surface area contributed by atoms with Crippen LogP contribution in [0.3, 0.4) is 0 Å². The molecule has 0 spiro atoms. The Labute approximate surface area is 200 Å². The lowest BCUT2D eigenvalue weighted by Crippen LogP contribution is -2.41. The van der Waals surface area contributed by atoms with Gasteiger partial charge in [0.1, 0.15) is 0 Å². The summed E-state index contributed by atoms with van der Waals surface area (Å²) >= 11 is 0. The maximum absolute atomic E-state index is 6.36. The monoisotopic (exact) mass is 446 g/mol. The Balaban J connectivity index is 1.55. The first-order valence-corrected chi connectivity index (χ1v) is 11.7. The molecule has 1 saturated heterocycles. The van der Waals surface area contributed by atoms with E-state index in [0.29, 0.717) is 0 Å². The van der Waals surface area contributed by atoms with Crippen molar-refractivity contribution in [1.29, 1.82) is 0 Å². The fraction of sp³-hybridized carbons (Fsp3) is 0.207. The van der Waals surface area contributed by atoms with Gasteiger partial charge >= 0.3 is 7.12 Å². The van der Waals surface area contributed by atoms with E-state index in [1.54, 1.807) is 0 Å². The van der Waals surface area contributed by atoms with Crippen LogP contribution in [0, 0.1) is 0 Å². The number of hydrogen-bond donors (Lipinski definition) is 0. The largest absolute Gasteiger partial charge is 0.494 e. The summed E-state index contributed by atoms with van der Waals surface area (Å²) in [6, 6.07) is 27.9. The van der Waals surface area contributed by atoms with Gasteiger partial charge in [0.25, 0.3) is 0 Å². The summed E-state index contributed by atoms with van der Waals surface area (Å²) in [6.07, 6.45) is 3.67. The minimum Gasteiger partial charge on any atom is -0.399 e. The predicted octanol–water partition coefficient (Wildman–Crippen LogP) is 6.14. The molecule has 0 aliphatic carbocycles. The number of pyridine rings is 1. The summed E-state index contributed by atoms with van der Waals surface area (Å²) in [5, 5.41) is 2.44. The van der Waals surface area contributed by atoms with Gasteiger partial charge in [-0.15, -0.1) is 0 Å². The molecular formula is C29H27BN2O2. The van der Waals surface area contributed by atoms with Crippen LogP contribution in [0.1, 0.15) is 27.7 Å². The normalized spacial score (nSPS) is 17.0. The second-order valence-electron chi connectivity index (χ2n) is 10.0. The van der Waals surface area contributed by atoms with Gasteiger partial charge in [-0.2, -0.15) is 0 Å². The third-order valence-corrected chi connectivity index (χ3v) is 7.34. The van der Waals surface area contributed by atoms with Crippen LogP contribution in [0.15, 0.2) is 91.3 Å². The molecule has 34 heavy (non-hydrogen) atoms. The molecule has 1 aliphatic rings. The molecule has 0 amide bonds. The predicted molar refractivity (Wildman–Crippen MR) is 140 cm³/mol. The number of nitrogens with zero attached hydrogens (tertiary/aromatic N) is 2. The fourth-order valence-electron chi connectivity index (χ4n) is 4.76. The summed E-state index contributed by atoms with van der Waals surface area (Å²) in [7, 11) is -0.399. The fourth-order valence-corrected chi connectivity index (χ4v) is 4.76. The average molecular weight is 446 g/mol. The van der Waals surface area contributed by atoms with Crippen LogP contribution in [0.25, 0.3) is 38.6 Å². The molecule has 1 fully saturated rings. The Morgan fingerprint density at radius 3 is 2.15 bits per heavy atom. The third kappa shape index (κ3) is 3.27. The molecule has 3 aromatic carbocycles. The summed E-state index contributed by atoms with van der Waals surface area (Å²) < 4.78 is 15.1. The van der Waals surface area contributed by atoms with Crippen LogP contribution in [-0.4, -0.2) is 27.9 Å². The highest BCUT2D eigenvalue weighted by Crippen LogP contribution is 2.37. The standard InChI is InChI=1S/C29H27BN2O2/c1-28(2)29(3,4)34-30(33-28)22-12-13-25-24-10-5-6-11-26(24)32(27(25)19-22)23-9-7-8-21(18-23)20-14-16-31-17-15-20/h5-19H,1-4H3. The lowest BCUT2D eigenvalue weighted by Gasteiger charge is -2.32. The second kappa shape index (κ2) is 7.56. The van der Waals surface area contributed by atoms with E-state index in [2.05, 4.69) is 104 Å². The zero-order chi connectivity index (χ0) is 23.5. The maximum atomic E-state index is 6.36. The van der Waals surface area contributed by atoms with E-state index in [-0.39, 0.29) is 11.2 Å². The molecule has 5 heteroatoms. The van der Waals surface area contributed by atoms with Crippen molar-refractivity contribution in [3.8, 4) is 16.8 Å². The van der Waals surface area contributed by atoms with Crippen LogP contribution in [-0.2, 0) is 9.31 Å². The number of benzene rings is 3. The van der Waals surface area contributed by atoms with Crippen LogP contribution in [0.5, 0.6) is 0 Å². The van der Waals surface area contributed by atoms with E-state index in [1.807, 2.05) is 24.5 Å². The summed E-state index contributed by atoms with van der Waals surface area (Å²) in [6.45, 7) is 8.36. The van der Waals surface area contributed by atoms with E-state index < -0.39 is 7.12 Å². The summed E-state index contributed by atoms with van der Waals surface area (Å²) in [5.74, 6) is 0. The van der Waals surface area contributed by atoms with E-state index in [0.717, 1.165) is 27.8 Å². The van der Waals surface area contributed by atoms with E-state index in [1.165, 1.54) is 16.3 Å². The van der Waals surface area contributed by atoms with Crippen molar-refractivity contribution < 1.29 is 9.31 Å². The minimum absolute atomic E-state index is 0.377. The number of hydrogen-bond acceptors (Lipinski definition) is 3. The molecule has 0 unspecified atom stereocenters. The number of rotatable bonds is 3. The van der Waals surface area contributed by atoms with Crippen LogP contribution < -0.4 is 5.46 Å². The first kappa shape index (κ1) is 21.1. The molecule has 1 aliphatic heterocycles. The highest BCUT2D eigenvalue weighted by Gasteiger charge is 2.51. The molecule has 0 radical (unpaired) electrons. The lowest BCUT2D eigenvalue weighted by atomic mass is 9.79. The van der Waals surface area contributed by atoms with E-state index in [9.17, 15) is 0 Å². The Kier molecular flexibility index (Phi) is 4.70. The number of fused-ring (bicyclic) bond motifs is 3. The molecular weight excluding hydrogens is 419 g/mol. The molecule has 2 aromatic heterocycles. The first-order valence-electron chi connectivity index (χ1n) is 11.7. The molecule has 168 valence electrons. The van der Waals surface area contributed by atoms with Crippen molar-refractivity contribution in [3.05, 3.63) is 91.3 Å². The Morgan fingerprint density at radius 2 is 1.38 bits per heavy atom. The van der Waals surface area contributed by atoms with Gasteiger partial charge in [0.2, 0.25) is 0 Å². The molecule has 0 bridgehead atoms. The smallest absolute Gasteiger partial charge is 0.399 e. The lowest BCUT2D eigenvalue weighted by molar-refractivity contribution is 0.00578. The van der Waals surface area contributed by atoms with Crippen molar-refractivity contribution >= 4 is 34.4 Å². The summed E-state index contributed by atoms with van der Waals surface area (Å²) in [5.41, 5.74) is 6.02. The van der Waals surface area contributed by atoms with Crippen LogP contribution >= 0.6 is 0 Å². The van der Waals surface area contributed by atoms with Gasteiger partial charge in [-0.05, 0) is 80.7 Å². The van der Waals surface area contributed by atoms with Gasteiger partial charge in [-0.25, -0.2) is 0 Å². The maximum Gasteiger partial charge on any atom is 0.494 e. The average Bonchev–Trinajstić information content (AvgIpc) is 3.29. The van der Waals surface area contributed by atoms with Gasteiger partial charge in [0.15, 0.2) is 0 Å². The van der Waals surface area contributed by atoms with E-state index in [4.69, 9.17) is 9.31 Å².